The van der Waals surface area contributed by atoms with Gasteiger partial charge in [0.25, 0.3) is 10.2 Å². The summed E-state index contributed by atoms with van der Waals surface area (Å²) in [4.78, 5) is 0. The smallest absolute Gasteiger partial charge is 0.290 e. The first-order valence-corrected chi connectivity index (χ1v) is 6.05. The summed E-state index contributed by atoms with van der Waals surface area (Å²) >= 11 is 0. The molecule has 0 unspecified atom stereocenters. The third-order valence-electron chi connectivity index (χ3n) is 1.16. The van der Waals surface area contributed by atoms with Crippen molar-refractivity contribution in [1.29, 1.82) is 0 Å². The molecule has 0 aliphatic carbocycles. The fourth-order valence-corrected chi connectivity index (χ4v) is 1.48. The Kier molecular flexibility index (Phi) is 3.47. The molecule has 0 rings (SSSR count). The molecule has 0 bridgehead atoms. The standard InChI is InChI=1S/C6H13F5O2S/c1-3-12-6(13-4-2)5-14(7,8,9,10)11/h6H,3-5H2,1-2H3. The van der Waals surface area contributed by atoms with Crippen LogP contribution < -0.4 is 0 Å². The first-order valence-electron chi connectivity index (χ1n) is 3.93. The van der Waals surface area contributed by atoms with Crippen LogP contribution in [0.1, 0.15) is 13.8 Å². The van der Waals surface area contributed by atoms with Crippen LogP contribution in [0.2, 0.25) is 0 Å². The molecule has 0 N–H and O–H groups in total. The summed E-state index contributed by atoms with van der Waals surface area (Å²) in [5, 5.41) is 0. The zero-order chi connectivity index (χ0) is 11.5. The van der Waals surface area contributed by atoms with E-state index in [0.717, 1.165) is 0 Å². The Morgan fingerprint density at radius 1 is 0.929 bits per heavy atom. The van der Waals surface area contributed by atoms with Crippen LogP contribution >= 0.6 is 10.2 Å². The van der Waals surface area contributed by atoms with Crippen molar-refractivity contribution in [2.45, 2.75) is 20.1 Å². The maximum absolute atomic E-state index is 12.0. The van der Waals surface area contributed by atoms with Crippen LogP contribution in [0.3, 0.4) is 0 Å². The fraction of sp³-hybridized carbons (Fsp3) is 1.00. The van der Waals surface area contributed by atoms with Gasteiger partial charge >= 0.3 is 0 Å². The average Bonchev–Trinajstić information content (AvgIpc) is 1.81. The van der Waals surface area contributed by atoms with E-state index in [-0.39, 0.29) is 13.2 Å². The molecule has 0 spiro atoms. The number of halogens is 5. The van der Waals surface area contributed by atoms with E-state index >= 15 is 0 Å². The molecule has 0 heterocycles. The highest BCUT2D eigenvalue weighted by Crippen LogP contribution is 2.97. The lowest BCUT2D eigenvalue weighted by Crippen LogP contribution is -2.29. The van der Waals surface area contributed by atoms with Crippen LogP contribution in [0, 0.1) is 0 Å². The molecule has 0 aliphatic heterocycles. The van der Waals surface area contributed by atoms with Crippen molar-refractivity contribution in [2.75, 3.05) is 19.0 Å². The van der Waals surface area contributed by atoms with E-state index in [9.17, 15) is 19.4 Å². The lowest BCUT2D eigenvalue weighted by atomic mass is 10.7. The quantitative estimate of drug-likeness (QED) is 0.524. The van der Waals surface area contributed by atoms with E-state index in [0.29, 0.717) is 0 Å². The molecule has 14 heavy (non-hydrogen) atoms. The lowest BCUT2D eigenvalue weighted by Gasteiger charge is -2.42. The molecular weight excluding hydrogens is 231 g/mol. The number of hydrogen-bond acceptors (Lipinski definition) is 2. The Hall–Kier alpha value is -0.0800. The molecule has 0 aromatic heterocycles. The van der Waals surface area contributed by atoms with E-state index in [1.165, 1.54) is 13.8 Å². The van der Waals surface area contributed by atoms with Gasteiger partial charge in [-0.3, -0.25) is 0 Å². The van der Waals surface area contributed by atoms with Gasteiger partial charge in [-0.2, -0.15) is 0 Å². The predicted molar refractivity (Wildman–Crippen MR) is 45.0 cm³/mol. The van der Waals surface area contributed by atoms with Crippen LogP contribution in [0.15, 0.2) is 0 Å². The first kappa shape index (κ1) is 13.9. The highest BCUT2D eigenvalue weighted by Gasteiger charge is 2.64. The summed E-state index contributed by atoms with van der Waals surface area (Å²) in [6.07, 6.45) is -1.92. The SMILES string of the molecule is CCOC(CS(F)(F)(F)(F)F)OCC. The van der Waals surface area contributed by atoms with Crippen LogP contribution in [0.25, 0.3) is 0 Å². The van der Waals surface area contributed by atoms with Crippen molar-refractivity contribution >= 4 is 10.2 Å². The summed E-state index contributed by atoms with van der Waals surface area (Å²) in [7, 11) is -9.44. The summed E-state index contributed by atoms with van der Waals surface area (Å²) < 4.78 is 68.6. The van der Waals surface area contributed by atoms with Crippen LogP contribution in [-0.4, -0.2) is 25.3 Å². The Balaban J connectivity index is 4.45. The molecule has 2 nitrogen and oxygen atoms in total. The Morgan fingerprint density at radius 2 is 1.29 bits per heavy atom. The van der Waals surface area contributed by atoms with E-state index in [1.54, 1.807) is 0 Å². The Morgan fingerprint density at radius 3 is 1.50 bits per heavy atom. The van der Waals surface area contributed by atoms with Crippen molar-refractivity contribution < 1.29 is 28.9 Å². The van der Waals surface area contributed by atoms with Gasteiger partial charge in [0.1, 0.15) is 5.75 Å². The van der Waals surface area contributed by atoms with Gasteiger partial charge < -0.3 is 9.47 Å². The Bertz CT molecular complexity index is 181. The third kappa shape index (κ3) is 8.52. The lowest BCUT2D eigenvalue weighted by molar-refractivity contribution is -0.123. The average molecular weight is 244 g/mol. The number of ether oxygens (including phenoxy) is 2. The van der Waals surface area contributed by atoms with Crippen LogP contribution in [0.4, 0.5) is 19.4 Å². The summed E-state index contributed by atoms with van der Waals surface area (Å²) in [6, 6.07) is 0. The second kappa shape index (κ2) is 3.49. The van der Waals surface area contributed by atoms with Crippen molar-refractivity contribution in [3.63, 3.8) is 0 Å². The van der Waals surface area contributed by atoms with Gasteiger partial charge in [-0.25, -0.2) is 0 Å². The molecule has 0 fully saturated rings. The molecule has 0 saturated heterocycles. The Labute approximate surface area is 79.1 Å². The largest absolute Gasteiger partial charge is 0.352 e. The molecule has 0 aromatic carbocycles. The third-order valence-corrected chi connectivity index (χ3v) is 2.06. The van der Waals surface area contributed by atoms with E-state index in [2.05, 4.69) is 9.47 Å². The van der Waals surface area contributed by atoms with Crippen molar-refractivity contribution in [3.05, 3.63) is 0 Å². The van der Waals surface area contributed by atoms with Gasteiger partial charge in [0, 0.05) is 13.2 Å². The highest BCUT2D eigenvalue weighted by atomic mass is 32.5. The van der Waals surface area contributed by atoms with Gasteiger partial charge in [-0.05, 0) is 13.8 Å². The zero-order valence-electron chi connectivity index (χ0n) is 7.81. The van der Waals surface area contributed by atoms with Gasteiger partial charge in [0.05, 0.1) is 0 Å². The topological polar surface area (TPSA) is 18.5 Å². The molecule has 0 amide bonds. The highest BCUT2D eigenvalue weighted by molar-refractivity contribution is 8.45. The first-order chi connectivity index (χ1) is 5.97. The minimum atomic E-state index is -9.44. The summed E-state index contributed by atoms with van der Waals surface area (Å²) in [6.45, 7) is 2.58. The fourth-order valence-electron chi connectivity index (χ4n) is 0.773. The normalized spacial score (nSPS) is 18.0. The van der Waals surface area contributed by atoms with Crippen molar-refractivity contribution in [3.8, 4) is 0 Å². The van der Waals surface area contributed by atoms with Gasteiger partial charge in [-0.1, -0.05) is 19.4 Å². The van der Waals surface area contributed by atoms with Gasteiger partial charge in [0.15, 0.2) is 6.29 Å². The minimum absolute atomic E-state index is 0.113. The minimum Gasteiger partial charge on any atom is -0.352 e. The van der Waals surface area contributed by atoms with Gasteiger partial charge in [0.2, 0.25) is 0 Å². The number of rotatable bonds is 6. The molecule has 8 heteroatoms. The molecule has 90 valence electrons. The van der Waals surface area contributed by atoms with Crippen LogP contribution in [0.5, 0.6) is 0 Å². The summed E-state index contributed by atoms with van der Waals surface area (Å²) in [5.41, 5.74) is 0. The monoisotopic (exact) mass is 244 g/mol. The number of hydrogen-bond donors (Lipinski definition) is 0. The zero-order valence-corrected chi connectivity index (χ0v) is 8.63. The molecule has 0 aliphatic rings. The summed E-state index contributed by atoms with van der Waals surface area (Å²) in [5.74, 6) is -2.33. The molecule has 0 atom stereocenters. The van der Waals surface area contributed by atoms with Gasteiger partial charge in [-0.15, -0.1) is 0 Å². The maximum atomic E-state index is 12.0. The van der Waals surface area contributed by atoms with Crippen molar-refractivity contribution in [1.82, 2.24) is 0 Å². The van der Waals surface area contributed by atoms with E-state index < -0.39 is 22.3 Å². The second-order valence-corrected chi connectivity index (χ2v) is 5.23. The molecule has 0 radical (unpaired) electrons. The molecular formula is C6H13F5O2S. The molecule has 0 saturated carbocycles. The van der Waals surface area contributed by atoms with Crippen LogP contribution in [-0.2, 0) is 9.47 Å². The maximum Gasteiger partial charge on any atom is 0.290 e. The predicted octanol–water partition coefficient (Wildman–Crippen LogP) is 3.68. The van der Waals surface area contributed by atoms with Crippen molar-refractivity contribution in [2.24, 2.45) is 0 Å². The molecule has 0 aromatic rings. The second-order valence-electron chi connectivity index (χ2n) is 2.64. The van der Waals surface area contributed by atoms with E-state index in [4.69, 9.17) is 0 Å². The van der Waals surface area contributed by atoms with E-state index in [1.807, 2.05) is 0 Å².